The highest BCUT2D eigenvalue weighted by Crippen LogP contribution is 2.53. The van der Waals surface area contributed by atoms with Gasteiger partial charge < -0.3 is 0 Å². The molecule has 0 spiro atoms. The largest absolute Gasteiger partial charge is 0.475 e. The topological polar surface area (TPSA) is 61.8 Å². The van der Waals surface area contributed by atoms with Crippen LogP contribution in [0.4, 0.5) is 0 Å². The van der Waals surface area contributed by atoms with Gasteiger partial charge in [-0.3, -0.25) is 18.4 Å². The van der Waals surface area contributed by atoms with E-state index >= 15 is 0 Å². The van der Waals surface area contributed by atoms with Crippen molar-refractivity contribution in [2.45, 2.75) is 72.8 Å². The molecule has 0 aliphatic carbocycles. The molecule has 126 valence electrons. The highest BCUT2D eigenvalue weighted by atomic mass is 31.2. The van der Waals surface area contributed by atoms with Crippen LogP contribution in [0, 0.1) is 5.92 Å². The average Bonchev–Trinajstić information content (AvgIpc) is 2.40. The third-order valence-corrected chi connectivity index (χ3v) is 4.60. The van der Waals surface area contributed by atoms with Gasteiger partial charge in [0.05, 0.1) is 18.8 Å². The van der Waals surface area contributed by atoms with Crippen LogP contribution in [0.1, 0.15) is 67.2 Å². The van der Waals surface area contributed by atoms with Gasteiger partial charge in [-0.15, -0.1) is 0 Å². The number of carbonyl (C=O) groups is 1. The Morgan fingerprint density at radius 2 is 1.57 bits per heavy atom. The van der Waals surface area contributed by atoms with E-state index in [0.29, 0.717) is 26.1 Å². The number of carbonyl (C=O) groups excluding carboxylic acids is 1. The Labute approximate surface area is 129 Å². The van der Waals surface area contributed by atoms with E-state index < -0.39 is 13.4 Å². The zero-order chi connectivity index (χ0) is 16.5. The first-order valence-corrected chi connectivity index (χ1v) is 9.24. The SMILES string of the molecule is CCCOP(=O)(OCCC)OC(C)(C)CCC(=O)C(C)C. The standard InChI is InChI=1S/C15H31O5P/c1-7-11-18-21(17,19-12-8-2)20-15(5,6)10-9-14(16)13(3)4/h13H,7-12H2,1-6H3. The summed E-state index contributed by atoms with van der Waals surface area (Å²) in [6, 6.07) is 0. The first-order valence-electron chi connectivity index (χ1n) is 7.78. The van der Waals surface area contributed by atoms with Crippen molar-refractivity contribution in [1.29, 1.82) is 0 Å². The highest BCUT2D eigenvalue weighted by molar-refractivity contribution is 7.48. The van der Waals surface area contributed by atoms with E-state index in [2.05, 4.69) is 0 Å². The fraction of sp³-hybridized carbons (Fsp3) is 0.933. The third kappa shape index (κ3) is 9.41. The summed E-state index contributed by atoms with van der Waals surface area (Å²) in [6.45, 7) is 11.8. The van der Waals surface area contributed by atoms with Crippen LogP contribution in [0.3, 0.4) is 0 Å². The molecule has 0 atom stereocenters. The van der Waals surface area contributed by atoms with Gasteiger partial charge in [-0.25, -0.2) is 4.57 Å². The van der Waals surface area contributed by atoms with Gasteiger partial charge in [0.15, 0.2) is 0 Å². The van der Waals surface area contributed by atoms with Crippen LogP contribution in [0.5, 0.6) is 0 Å². The molecular weight excluding hydrogens is 291 g/mol. The van der Waals surface area contributed by atoms with E-state index in [1.54, 1.807) is 13.8 Å². The van der Waals surface area contributed by atoms with E-state index in [4.69, 9.17) is 13.6 Å². The van der Waals surface area contributed by atoms with Crippen molar-refractivity contribution in [3.63, 3.8) is 0 Å². The van der Waals surface area contributed by atoms with Gasteiger partial charge in [-0.05, 0) is 33.1 Å². The fourth-order valence-corrected chi connectivity index (χ4v) is 3.25. The van der Waals surface area contributed by atoms with Crippen molar-refractivity contribution in [2.75, 3.05) is 13.2 Å². The maximum atomic E-state index is 12.6. The quantitative estimate of drug-likeness (QED) is 0.485. The smallest absolute Gasteiger partial charge is 0.299 e. The molecule has 0 N–H and O–H groups in total. The Morgan fingerprint density at radius 3 is 1.95 bits per heavy atom. The molecular formula is C15H31O5P. The van der Waals surface area contributed by atoms with Crippen LogP contribution in [-0.2, 0) is 22.9 Å². The molecule has 0 bridgehead atoms. The number of phosphoric ester groups is 1. The second kappa shape index (κ2) is 9.73. The number of phosphoric acid groups is 1. The molecule has 6 heteroatoms. The number of hydrogen-bond acceptors (Lipinski definition) is 5. The molecule has 0 aromatic heterocycles. The summed E-state index contributed by atoms with van der Waals surface area (Å²) >= 11 is 0. The summed E-state index contributed by atoms with van der Waals surface area (Å²) in [4.78, 5) is 11.7. The minimum absolute atomic E-state index is 0.000266. The molecule has 0 amide bonds. The van der Waals surface area contributed by atoms with E-state index in [9.17, 15) is 9.36 Å². The molecule has 0 aliphatic heterocycles. The van der Waals surface area contributed by atoms with Gasteiger partial charge in [0.1, 0.15) is 5.78 Å². The van der Waals surface area contributed by atoms with Crippen LogP contribution in [-0.4, -0.2) is 24.6 Å². The lowest BCUT2D eigenvalue weighted by molar-refractivity contribution is -0.123. The fourth-order valence-electron chi connectivity index (χ4n) is 1.56. The van der Waals surface area contributed by atoms with Crippen LogP contribution >= 0.6 is 7.82 Å². The molecule has 0 saturated heterocycles. The highest BCUT2D eigenvalue weighted by Gasteiger charge is 2.35. The van der Waals surface area contributed by atoms with Crippen molar-refractivity contribution in [2.24, 2.45) is 5.92 Å². The predicted molar refractivity (Wildman–Crippen MR) is 84.3 cm³/mol. The van der Waals surface area contributed by atoms with Crippen LogP contribution < -0.4 is 0 Å². The monoisotopic (exact) mass is 322 g/mol. The molecule has 0 radical (unpaired) electrons. The van der Waals surface area contributed by atoms with Crippen LogP contribution in [0.15, 0.2) is 0 Å². The molecule has 0 aromatic rings. The van der Waals surface area contributed by atoms with Gasteiger partial charge in [-0.2, -0.15) is 0 Å². The van der Waals surface area contributed by atoms with Crippen LogP contribution in [0.2, 0.25) is 0 Å². The molecule has 0 unspecified atom stereocenters. The third-order valence-electron chi connectivity index (χ3n) is 2.88. The Morgan fingerprint density at radius 1 is 1.10 bits per heavy atom. The minimum Gasteiger partial charge on any atom is -0.299 e. The Balaban J connectivity index is 4.64. The van der Waals surface area contributed by atoms with Gasteiger partial charge in [0.2, 0.25) is 0 Å². The summed E-state index contributed by atoms with van der Waals surface area (Å²) in [5.74, 6) is 0.172. The number of rotatable bonds is 12. The molecule has 21 heavy (non-hydrogen) atoms. The van der Waals surface area contributed by atoms with Crippen molar-refractivity contribution < 1.29 is 22.9 Å². The van der Waals surface area contributed by atoms with E-state index in [1.807, 2.05) is 27.7 Å². The van der Waals surface area contributed by atoms with Gasteiger partial charge in [-0.1, -0.05) is 27.7 Å². The van der Waals surface area contributed by atoms with Gasteiger partial charge >= 0.3 is 7.82 Å². The molecule has 0 saturated carbocycles. The molecule has 5 nitrogen and oxygen atoms in total. The summed E-state index contributed by atoms with van der Waals surface area (Å²) in [5.41, 5.74) is -0.735. The Kier molecular flexibility index (Phi) is 9.63. The van der Waals surface area contributed by atoms with E-state index in [-0.39, 0.29) is 11.7 Å². The first kappa shape index (κ1) is 20.8. The minimum atomic E-state index is -3.57. The molecule has 0 fully saturated rings. The predicted octanol–water partition coefficient (Wildman–Crippen LogP) is 4.75. The van der Waals surface area contributed by atoms with Gasteiger partial charge in [0.25, 0.3) is 0 Å². The van der Waals surface area contributed by atoms with E-state index in [0.717, 1.165) is 12.8 Å². The zero-order valence-electron chi connectivity index (χ0n) is 14.3. The van der Waals surface area contributed by atoms with Crippen molar-refractivity contribution in [1.82, 2.24) is 0 Å². The molecule has 0 aliphatic rings. The Bertz CT molecular complexity index is 340. The number of hydrogen-bond donors (Lipinski definition) is 0. The maximum absolute atomic E-state index is 12.6. The summed E-state index contributed by atoms with van der Waals surface area (Å²) < 4.78 is 28.8. The van der Waals surface area contributed by atoms with E-state index in [1.165, 1.54) is 0 Å². The zero-order valence-corrected chi connectivity index (χ0v) is 15.2. The van der Waals surface area contributed by atoms with Crippen molar-refractivity contribution in [3.05, 3.63) is 0 Å². The van der Waals surface area contributed by atoms with Crippen molar-refractivity contribution >= 4 is 13.6 Å². The van der Waals surface area contributed by atoms with Crippen molar-refractivity contribution in [3.8, 4) is 0 Å². The average molecular weight is 322 g/mol. The lowest BCUT2D eigenvalue weighted by Crippen LogP contribution is -2.26. The summed E-state index contributed by atoms with van der Waals surface area (Å²) in [7, 11) is -3.57. The molecule has 0 rings (SSSR count). The second-order valence-corrected chi connectivity index (χ2v) is 7.68. The van der Waals surface area contributed by atoms with Crippen LogP contribution in [0.25, 0.3) is 0 Å². The lowest BCUT2D eigenvalue weighted by atomic mass is 9.97. The lowest BCUT2D eigenvalue weighted by Gasteiger charge is -2.29. The number of Topliss-reactive ketones (excluding diaryl/α,β-unsaturated/α-hetero) is 1. The first-order chi connectivity index (χ1) is 9.66. The summed E-state index contributed by atoms with van der Waals surface area (Å²) in [5, 5.41) is 0. The summed E-state index contributed by atoms with van der Waals surface area (Å²) in [6.07, 6.45) is 2.34. The maximum Gasteiger partial charge on any atom is 0.475 e. The molecule has 0 heterocycles. The molecule has 0 aromatic carbocycles. The normalized spacial score (nSPS) is 12.9. The number of ketones is 1. The van der Waals surface area contributed by atoms with Gasteiger partial charge in [0, 0.05) is 12.3 Å². The Hall–Kier alpha value is -0.220. The second-order valence-electron chi connectivity index (χ2n) is 6.09.